The number of rotatable bonds is 1. The Morgan fingerprint density at radius 1 is 1.22 bits per heavy atom. The maximum absolute atomic E-state index is 12.6. The average Bonchev–Trinajstić information content (AvgIpc) is 2.67. The summed E-state index contributed by atoms with van der Waals surface area (Å²) < 4.78 is 38.5. The highest BCUT2D eigenvalue weighted by Crippen LogP contribution is 2.30. The molecule has 4 nitrogen and oxygen atoms in total. The van der Waals surface area contributed by atoms with Crippen molar-refractivity contribution in [2.75, 3.05) is 0 Å². The largest absolute Gasteiger partial charge is 0.434 e. The normalized spacial score (nSPS) is 11.2. The van der Waals surface area contributed by atoms with Crippen LogP contribution in [0.2, 0.25) is 0 Å². The highest BCUT2D eigenvalue weighted by atomic mass is 19.4. The number of para-hydroxylation sites is 1. The molecule has 1 heterocycles. The summed E-state index contributed by atoms with van der Waals surface area (Å²) in [5.74, 6) is 0. The summed E-state index contributed by atoms with van der Waals surface area (Å²) in [5, 5.41) is 8.81. The van der Waals surface area contributed by atoms with Crippen LogP contribution in [0, 0.1) is 11.3 Å². The first kappa shape index (κ1) is 12.0. The van der Waals surface area contributed by atoms with Gasteiger partial charge in [0.05, 0.1) is 5.69 Å². The van der Waals surface area contributed by atoms with Crippen LogP contribution in [0.1, 0.15) is 11.4 Å². The second kappa shape index (κ2) is 4.07. The van der Waals surface area contributed by atoms with E-state index in [4.69, 9.17) is 5.26 Å². The number of nitriles is 1. The van der Waals surface area contributed by atoms with Crippen LogP contribution >= 0.6 is 0 Å². The minimum Gasteiger partial charge on any atom is -0.300 e. The maximum atomic E-state index is 12.6. The third kappa shape index (κ3) is 1.88. The van der Waals surface area contributed by atoms with Gasteiger partial charge in [-0.15, -0.1) is 0 Å². The molecule has 2 aromatic rings. The van der Waals surface area contributed by atoms with Gasteiger partial charge in [-0.2, -0.15) is 18.4 Å². The Kier molecular flexibility index (Phi) is 2.71. The molecular weight excluding hydrogens is 247 g/mol. The van der Waals surface area contributed by atoms with Crippen LogP contribution in [0.5, 0.6) is 0 Å². The van der Waals surface area contributed by atoms with Crippen molar-refractivity contribution in [2.24, 2.45) is 0 Å². The van der Waals surface area contributed by atoms with Crippen molar-refractivity contribution in [3.63, 3.8) is 0 Å². The quantitative estimate of drug-likeness (QED) is 0.845. The summed E-state index contributed by atoms with van der Waals surface area (Å²) in [6.45, 7) is 0. The predicted octanol–water partition coefficient (Wildman–Crippen LogP) is 2.06. The van der Waals surface area contributed by atoms with Crippen molar-refractivity contribution < 1.29 is 13.2 Å². The van der Waals surface area contributed by atoms with Gasteiger partial charge in [0.15, 0.2) is 11.4 Å². The van der Waals surface area contributed by atoms with E-state index in [0.29, 0.717) is 4.57 Å². The lowest BCUT2D eigenvalue weighted by Gasteiger charge is -2.05. The zero-order valence-electron chi connectivity index (χ0n) is 8.82. The van der Waals surface area contributed by atoms with E-state index in [9.17, 15) is 18.0 Å². The van der Waals surface area contributed by atoms with Gasteiger partial charge in [0.2, 0.25) is 0 Å². The molecular formula is C11H6F3N3O. The fourth-order valence-corrected chi connectivity index (χ4v) is 1.57. The number of hydrogen-bond donors (Lipinski definition) is 1. The lowest BCUT2D eigenvalue weighted by Crippen LogP contribution is -2.15. The number of imidazole rings is 1. The number of benzene rings is 1. The molecule has 18 heavy (non-hydrogen) atoms. The molecule has 0 aliphatic carbocycles. The van der Waals surface area contributed by atoms with E-state index in [0.717, 1.165) is 0 Å². The molecule has 0 unspecified atom stereocenters. The molecule has 0 aliphatic heterocycles. The van der Waals surface area contributed by atoms with Gasteiger partial charge in [0.25, 0.3) is 0 Å². The molecule has 0 amide bonds. The fourth-order valence-electron chi connectivity index (χ4n) is 1.57. The van der Waals surface area contributed by atoms with Crippen molar-refractivity contribution >= 4 is 0 Å². The van der Waals surface area contributed by atoms with Crippen LogP contribution in [-0.2, 0) is 6.18 Å². The van der Waals surface area contributed by atoms with Crippen LogP contribution in [-0.4, -0.2) is 9.55 Å². The monoisotopic (exact) mass is 253 g/mol. The molecule has 0 bridgehead atoms. The van der Waals surface area contributed by atoms with Gasteiger partial charge >= 0.3 is 11.9 Å². The smallest absolute Gasteiger partial charge is 0.300 e. The predicted molar refractivity (Wildman–Crippen MR) is 56.1 cm³/mol. The van der Waals surface area contributed by atoms with E-state index in [1.807, 2.05) is 0 Å². The molecule has 1 aromatic carbocycles. The number of alkyl halides is 3. The molecule has 0 spiro atoms. The molecule has 1 aromatic heterocycles. The summed E-state index contributed by atoms with van der Waals surface area (Å²) in [6.07, 6.45) is -4.77. The zero-order chi connectivity index (χ0) is 13.3. The average molecular weight is 253 g/mol. The highest BCUT2D eigenvalue weighted by molar-refractivity contribution is 5.40. The molecule has 0 atom stereocenters. The summed E-state index contributed by atoms with van der Waals surface area (Å²) in [6, 6.07) is 9.05. The van der Waals surface area contributed by atoms with Crippen molar-refractivity contribution in [3.8, 4) is 11.8 Å². The molecule has 7 heteroatoms. The van der Waals surface area contributed by atoms with E-state index in [1.54, 1.807) is 23.2 Å². The van der Waals surface area contributed by atoms with E-state index < -0.39 is 23.3 Å². The third-order valence-corrected chi connectivity index (χ3v) is 2.30. The topological polar surface area (TPSA) is 61.6 Å². The van der Waals surface area contributed by atoms with Gasteiger partial charge in [-0.05, 0) is 12.1 Å². The minimum atomic E-state index is -4.77. The number of hydrogen-bond acceptors (Lipinski definition) is 2. The Balaban J connectivity index is 2.75. The molecule has 0 saturated carbocycles. The first-order valence-corrected chi connectivity index (χ1v) is 4.83. The molecule has 1 N–H and O–H groups in total. The van der Waals surface area contributed by atoms with E-state index >= 15 is 0 Å². The lowest BCUT2D eigenvalue weighted by atomic mass is 10.3. The molecule has 92 valence electrons. The summed E-state index contributed by atoms with van der Waals surface area (Å²) in [7, 11) is 0. The Morgan fingerprint density at radius 3 is 2.33 bits per heavy atom. The number of nitrogens with one attached hydrogen (secondary N) is 1. The SMILES string of the molecule is N#Cc1c(C(F)(F)F)[nH]c(=O)n1-c1ccccc1. The van der Waals surface area contributed by atoms with Gasteiger partial charge in [-0.3, -0.25) is 4.57 Å². The zero-order valence-corrected chi connectivity index (χ0v) is 8.82. The van der Waals surface area contributed by atoms with Gasteiger partial charge < -0.3 is 4.98 Å². The maximum Gasteiger partial charge on any atom is 0.434 e. The van der Waals surface area contributed by atoms with Crippen molar-refractivity contribution in [1.29, 1.82) is 5.26 Å². The van der Waals surface area contributed by atoms with Gasteiger partial charge in [-0.1, -0.05) is 18.2 Å². The first-order chi connectivity index (χ1) is 8.45. The van der Waals surface area contributed by atoms with Crippen LogP contribution in [0.3, 0.4) is 0 Å². The molecule has 0 aliphatic rings. The number of nitrogens with zero attached hydrogens (tertiary/aromatic N) is 2. The third-order valence-electron chi connectivity index (χ3n) is 2.30. The number of halogens is 3. The summed E-state index contributed by atoms with van der Waals surface area (Å²) in [5.41, 5.74) is -2.88. The second-order valence-corrected chi connectivity index (χ2v) is 3.43. The number of aromatic amines is 1. The lowest BCUT2D eigenvalue weighted by molar-refractivity contribution is -0.141. The van der Waals surface area contributed by atoms with Crippen LogP contribution < -0.4 is 5.69 Å². The number of H-pyrrole nitrogens is 1. The van der Waals surface area contributed by atoms with Gasteiger partial charge in [0, 0.05) is 0 Å². The number of aromatic nitrogens is 2. The van der Waals surface area contributed by atoms with Crippen LogP contribution in [0.15, 0.2) is 35.1 Å². The Bertz CT molecular complexity index is 662. The van der Waals surface area contributed by atoms with E-state index in [-0.39, 0.29) is 5.69 Å². The van der Waals surface area contributed by atoms with Gasteiger partial charge in [-0.25, -0.2) is 4.79 Å². The minimum absolute atomic E-state index is 0.200. The molecule has 2 rings (SSSR count). The van der Waals surface area contributed by atoms with E-state index in [1.165, 1.54) is 18.2 Å². The Labute approximate surface area is 98.9 Å². The standard InChI is InChI=1S/C11H6F3N3O/c12-11(13,14)9-8(6-15)17(10(18)16-9)7-4-2-1-3-5-7/h1-5H,(H,16,18). The van der Waals surface area contributed by atoms with Crippen molar-refractivity contribution in [2.45, 2.75) is 6.18 Å². The summed E-state index contributed by atoms with van der Waals surface area (Å²) >= 11 is 0. The highest BCUT2D eigenvalue weighted by Gasteiger charge is 2.38. The Morgan fingerprint density at radius 2 is 1.83 bits per heavy atom. The second-order valence-electron chi connectivity index (χ2n) is 3.43. The molecule has 0 fully saturated rings. The molecule has 0 saturated heterocycles. The van der Waals surface area contributed by atoms with Crippen LogP contribution in [0.4, 0.5) is 13.2 Å². The van der Waals surface area contributed by atoms with Crippen LogP contribution in [0.25, 0.3) is 5.69 Å². The summed E-state index contributed by atoms with van der Waals surface area (Å²) in [4.78, 5) is 13.2. The van der Waals surface area contributed by atoms with Gasteiger partial charge in [0.1, 0.15) is 6.07 Å². The van der Waals surface area contributed by atoms with Crippen molar-refractivity contribution in [1.82, 2.24) is 9.55 Å². The first-order valence-electron chi connectivity index (χ1n) is 4.83. The van der Waals surface area contributed by atoms with Crippen molar-refractivity contribution in [3.05, 3.63) is 52.2 Å². The fraction of sp³-hybridized carbons (Fsp3) is 0.0909. The van der Waals surface area contributed by atoms with E-state index in [2.05, 4.69) is 0 Å². The molecule has 0 radical (unpaired) electrons. The Hall–Kier alpha value is -2.49.